The van der Waals surface area contributed by atoms with Crippen molar-refractivity contribution < 1.29 is 42.2 Å². The molecule has 0 spiro atoms. The Bertz CT molecular complexity index is 1560. The van der Waals surface area contributed by atoms with Crippen molar-refractivity contribution >= 4 is 29.3 Å². The Morgan fingerprint density at radius 1 is 0.930 bits per heavy atom. The first-order valence-corrected chi connectivity index (χ1v) is 13.9. The molecule has 0 aromatic heterocycles. The van der Waals surface area contributed by atoms with E-state index in [4.69, 9.17) is 14.2 Å². The topological polar surface area (TPSA) is 111 Å². The minimum atomic E-state index is -1.03. The van der Waals surface area contributed by atoms with E-state index in [1.54, 1.807) is 24.3 Å². The highest BCUT2D eigenvalue weighted by Gasteiger charge is 2.39. The predicted octanol–water partition coefficient (Wildman–Crippen LogP) is 6.33. The molecule has 2 amide bonds. The second-order valence-electron chi connectivity index (χ2n) is 10.4. The van der Waals surface area contributed by atoms with Crippen LogP contribution in [0, 0.1) is 11.6 Å². The van der Waals surface area contributed by atoms with Crippen LogP contribution in [0.3, 0.4) is 0 Å². The Morgan fingerprint density at radius 2 is 1.67 bits per heavy atom. The molecule has 1 saturated carbocycles. The predicted molar refractivity (Wildman–Crippen MR) is 151 cm³/mol. The number of hydrogen-bond donors (Lipinski definition) is 1. The number of fused-ring (bicyclic) bond motifs is 1. The highest BCUT2D eigenvalue weighted by atomic mass is 19.2. The lowest BCUT2D eigenvalue weighted by molar-refractivity contribution is -0.124. The van der Waals surface area contributed by atoms with Crippen LogP contribution in [0.5, 0.6) is 17.2 Å². The van der Waals surface area contributed by atoms with E-state index in [1.165, 1.54) is 30.2 Å². The lowest BCUT2D eigenvalue weighted by Gasteiger charge is -2.26. The van der Waals surface area contributed by atoms with Gasteiger partial charge in [-0.3, -0.25) is 19.7 Å². The second kappa shape index (κ2) is 13.0. The number of methoxy groups -OCH3 is 1. The van der Waals surface area contributed by atoms with E-state index >= 15 is 0 Å². The van der Waals surface area contributed by atoms with E-state index in [1.807, 2.05) is 0 Å². The van der Waals surface area contributed by atoms with Crippen LogP contribution in [0.25, 0.3) is 0 Å². The lowest BCUT2D eigenvalue weighted by atomic mass is 10.0. The first-order chi connectivity index (χ1) is 20.7. The maximum atomic E-state index is 13.5. The molecule has 1 aliphatic carbocycles. The number of nitrogens with one attached hydrogen (secondary N) is 1. The number of ether oxygens (including phenoxy) is 3. The van der Waals surface area contributed by atoms with Crippen LogP contribution in [0.1, 0.15) is 60.0 Å². The summed E-state index contributed by atoms with van der Waals surface area (Å²) < 4.78 is 43.0. The summed E-state index contributed by atoms with van der Waals surface area (Å²) in [4.78, 5) is 52.7. The SMILES string of the molecule is COc1c(COC(=O)Nc2ccc(Oc3ccc(F)c(F)c3)cc2)ccc2c1C(=O)N(C1CCC(=O)CCCCC1=O)C2. The summed E-state index contributed by atoms with van der Waals surface area (Å²) in [6.45, 7) is 0.0380. The monoisotopic (exact) mass is 592 g/mol. The van der Waals surface area contributed by atoms with Gasteiger partial charge in [-0.15, -0.1) is 0 Å². The molecule has 1 unspecified atom stereocenters. The molecule has 1 N–H and O–H groups in total. The Kier molecular flexibility index (Phi) is 8.98. The van der Waals surface area contributed by atoms with Crippen molar-refractivity contribution in [2.24, 2.45) is 0 Å². The highest BCUT2D eigenvalue weighted by molar-refractivity contribution is 6.04. The number of rotatable bonds is 7. The molecule has 2 aliphatic rings. The number of ketones is 2. The zero-order valence-corrected chi connectivity index (χ0v) is 23.5. The molecule has 3 aromatic rings. The molecule has 1 aliphatic heterocycles. The second-order valence-corrected chi connectivity index (χ2v) is 10.4. The summed E-state index contributed by atoms with van der Waals surface area (Å²) in [6.07, 6.45) is 1.88. The van der Waals surface area contributed by atoms with Gasteiger partial charge in [0.25, 0.3) is 5.91 Å². The molecule has 224 valence electrons. The Hall–Kier alpha value is -4.80. The van der Waals surface area contributed by atoms with E-state index in [-0.39, 0.29) is 48.5 Å². The third-order valence-corrected chi connectivity index (χ3v) is 7.50. The summed E-state index contributed by atoms with van der Waals surface area (Å²) in [7, 11) is 1.42. The summed E-state index contributed by atoms with van der Waals surface area (Å²) >= 11 is 0. The van der Waals surface area contributed by atoms with Gasteiger partial charge < -0.3 is 19.1 Å². The van der Waals surface area contributed by atoms with Crippen LogP contribution >= 0.6 is 0 Å². The number of amides is 2. The van der Waals surface area contributed by atoms with Gasteiger partial charge in [-0.2, -0.15) is 0 Å². The van der Waals surface area contributed by atoms with Crippen LogP contribution in [-0.2, 0) is 27.5 Å². The van der Waals surface area contributed by atoms with Crippen molar-refractivity contribution in [2.75, 3.05) is 12.4 Å². The molecule has 11 heteroatoms. The summed E-state index contributed by atoms with van der Waals surface area (Å²) in [5.41, 5.74) is 1.88. The molecule has 0 saturated heterocycles. The molecule has 5 rings (SSSR count). The molecular weight excluding hydrogens is 562 g/mol. The molecule has 0 radical (unpaired) electrons. The summed E-state index contributed by atoms with van der Waals surface area (Å²) in [6, 6.07) is 12.1. The van der Waals surface area contributed by atoms with E-state index in [0.29, 0.717) is 60.2 Å². The lowest BCUT2D eigenvalue weighted by Crippen LogP contribution is -2.41. The fraction of sp³-hybridized carbons (Fsp3) is 0.312. The van der Waals surface area contributed by atoms with Gasteiger partial charge in [0.05, 0.1) is 18.7 Å². The first-order valence-electron chi connectivity index (χ1n) is 13.9. The first kappa shape index (κ1) is 29.7. The van der Waals surface area contributed by atoms with E-state index in [9.17, 15) is 28.0 Å². The Balaban J connectivity index is 1.21. The molecule has 3 aromatic carbocycles. The Morgan fingerprint density at radius 3 is 2.42 bits per heavy atom. The van der Waals surface area contributed by atoms with Crippen LogP contribution < -0.4 is 14.8 Å². The third kappa shape index (κ3) is 6.82. The molecule has 43 heavy (non-hydrogen) atoms. The minimum Gasteiger partial charge on any atom is -0.495 e. The largest absolute Gasteiger partial charge is 0.495 e. The van der Waals surface area contributed by atoms with Gasteiger partial charge in [0, 0.05) is 43.1 Å². The smallest absolute Gasteiger partial charge is 0.411 e. The zero-order valence-electron chi connectivity index (χ0n) is 23.5. The maximum Gasteiger partial charge on any atom is 0.411 e. The quantitative estimate of drug-likeness (QED) is 0.341. The van der Waals surface area contributed by atoms with Gasteiger partial charge in [0.1, 0.15) is 29.6 Å². The van der Waals surface area contributed by atoms with E-state index in [2.05, 4.69) is 5.32 Å². The fourth-order valence-corrected chi connectivity index (χ4v) is 5.31. The van der Waals surface area contributed by atoms with Crippen LogP contribution in [0.4, 0.5) is 19.3 Å². The van der Waals surface area contributed by atoms with Gasteiger partial charge in [0.2, 0.25) is 0 Å². The normalized spacial score (nSPS) is 17.0. The third-order valence-electron chi connectivity index (χ3n) is 7.50. The molecule has 1 atom stereocenters. The summed E-state index contributed by atoms with van der Waals surface area (Å²) in [5.74, 6) is -1.58. The van der Waals surface area contributed by atoms with Crippen LogP contribution in [0.2, 0.25) is 0 Å². The zero-order chi connectivity index (χ0) is 30.5. The number of anilines is 1. The van der Waals surface area contributed by atoms with Gasteiger partial charge in [-0.05, 0) is 61.2 Å². The van der Waals surface area contributed by atoms with Crippen molar-refractivity contribution in [1.82, 2.24) is 4.90 Å². The highest BCUT2D eigenvalue weighted by Crippen LogP contribution is 2.36. The van der Waals surface area contributed by atoms with Gasteiger partial charge in [-0.25, -0.2) is 13.6 Å². The number of hydrogen-bond acceptors (Lipinski definition) is 7. The molecule has 9 nitrogen and oxygen atoms in total. The van der Waals surface area contributed by atoms with Crippen LogP contribution in [0.15, 0.2) is 54.6 Å². The van der Waals surface area contributed by atoms with Gasteiger partial charge >= 0.3 is 6.09 Å². The number of halogens is 2. The summed E-state index contributed by atoms with van der Waals surface area (Å²) in [5, 5.41) is 2.59. The van der Waals surface area contributed by atoms with Crippen LogP contribution in [-0.4, -0.2) is 41.6 Å². The average molecular weight is 593 g/mol. The molecule has 1 fully saturated rings. The molecule has 0 bridgehead atoms. The number of nitrogens with zero attached hydrogens (tertiary/aromatic N) is 1. The van der Waals surface area contributed by atoms with Gasteiger partial charge in [0.15, 0.2) is 17.4 Å². The number of carbonyl (C=O) groups is 4. The number of Topliss-reactive ketones (excluding diaryl/α,β-unsaturated/α-hetero) is 2. The van der Waals surface area contributed by atoms with Crippen molar-refractivity contribution in [2.45, 2.75) is 57.7 Å². The minimum absolute atomic E-state index is 0.0426. The van der Waals surface area contributed by atoms with Crippen molar-refractivity contribution in [3.8, 4) is 17.2 Å². The number of carbonyl (C=O) groups excluding carboxylic acids is 4. The molecular formula is C32H30F2N2O7. The van der Waals surface area contributed by atoms with E-state index < -0.39 is 23.8 Å². The fourth-order valence-electron chi connectivity index (χ4n) is 5.31. The maximum absolute atomic E-state index is 13.5. The van der Waals surface area contributed by atoms with Crippen molar-refractivity contribution in [3.63, 3.8) is 0 Å². The standard InChI is InChI=1S/C32H30F2N2O7/c1-41-30-20(7-6-19-17-36(31(39)29(19)30)27-15-10-22(37)4-2-3-5-28(27)38)18-42-32(40)35-21-8-11-23(12-9-21)43-24-13-14-25(33)26(34)16-24/h6-9,11-14,16,27H,2-5,10,15,17-18H2,1H3,(H,35,40). The van der Waals surface area contributed by atoms with E-state index in [0.717, 1.165) is 12.1 Å². The van der Waals surface area contributed by atoms with Crippen molar-refractivity contribution in [1.29, 1.82) is 0 Å². The number of benzene rings is 3. The molecule has 1 heterocycles. The average Bonchev–Trinajstić information content (AvgIpc) is 3.35. The van der Waals surface area contributed by atoms with Gasteiger partial charge in [-0.1, -0.05) is 12.1 Å². The Labute approximate surface area is 246 Å². The van der Waals surface area contributed by atoms with Crippen molar-refractivity contribution in [3.05, 3.63) is 82.9 Å².